The van der Waals surface area contributed by atoms with E-state index < -0.39 is 0 Å². The lowest BCUT2D eigenvalue weighted by atomic mass is 10.1. The number of terminal acetylenes is 1. The van der Waals surface area contributed by atoms with E-state index in [0.29, 0.717) is 25.2 Å². The first-order valence-corrected chi connectivity index (χ1v) is 6.62. The van der Waals surface area contributed by atoms with Gasteiger partial charge < -0.3 is 4.90 Å². The maximum atomic E-state index is 12.1. The molecule has 4 nitrogen and oxygen atoms in total. The van der Waals surface area contributed by atoms with Crippen LogP contribution in [0.15, 0.2) is 24.3 Å². The first kappa shape index (κ1) is 15.8. The summed E-state index contributed by atoms with van der Waals surface area (Å²) in [5, 5.41) is 11.7. The van der Waals surface area contributed by atoms with Gasteiger partial charge in [-0.15, -0.1) is 6.42 Å². The van der Waals surface area contributed by atoms with Gasteiger partial charge in [-0.25, -0.2) is 0 Å². The summed E-state index contributed by atoms with van der Waals surface area (Å²) >= 11 is 0. The molecule has 1 aromatic carbocycles. The fraction of sp³-hybridized carbons (Fsp3) is 0.375. The van der Waals surface area contributed by atoms with E-state index in [1.165, 1.54) is 0 Å². The fourth-order valence-corrected chi connectivity index (χ4v) is 1.82. The molecule has 104 valence electrons. The third-order valence-electron chi connectivity index (χ3n) is 2.81. The average molecular weight is 269 g/mol. The predicted molar refractivity (Wildman–Crippen MR) is 78.6 cm³/mol. The van der Waals surface area contributed by atoms with Gasteiger partial charge in [-0.2, -0.15) is 5.26 Å². The van der Waals surface area contributed by atoms with Gasteiger partial charge in [0.05, 0.1) is 24.7 Å². The summed E-state index contributed by atoms with van der Waals surface area (Å²) in [4.78, 5) is 13.9. The number of nitrogens with zero attached hydrogens (tertiary/aromatic N) is 2. The molecular weight excluding hydrogens is 250 g/mol. The van der Waals surface area contributed by atoms with E-state index in [-0.39, 0.29) is 12.5 Å². The number of benzene rings is 1. The second-order valence-electron chi connectivity index (χ2n) is 4.43. The molecule has 4 heteroatoms. The lowest BCUT2D eigenvalue weighted by molar-refractivity contribution is -0.130. The van der Waals surface area contributed by atoms with Gasteiger partial charge in [-0.1, -0.05) is 25.0 Å². The maximum Gasteiger partial charge on any atom is 0.236 e. The van der Waals surface area contributed by atoms with E-state index in [1.54, 1.807) is 17.0 Å². The van der Waals surface area contributed by atoms with Crippen LogP contribution in [0.3, 0.4) is 0 Å². The Labute approximate surface area is 120 Å². The number of hydrogen-bond acceptors (Lipinski definition) is 3. The molecule has 1 rings (SSSR count). The number of nitrogens with one attached hydrogen (secondary N) is 1. The van der Waals surface area contributed by atoms with Gasteiger partial charge in [-0.05, 0) is 24.1 Å². The van der Waals surface area contributed by atoms with E-state index in [0.717, 1.165) is 12.0 Å². The first-order valence-electron chi connectivity index (χ1n) is 6.62. The molecule has 0 spiro atoms. The zero-order valence-electron chi connectivity index (χ0n) is 11.7. The summed E-state index contributed by atoms with van der Waals surface area (Å²) in [6.07, 6.45) is 6.04. The Balaban J connectivity index is 2.63. The van der Waals surface area contributed by atoms with Gasteiger partial charge in [0.25, 0.3) is 0 Å². The highest BCUT2D eigenvalue weighted by molar-refractivity contribution is 5.78. The van der Waals surface area contributed by atoms with E-state index >= 15 is 0 Å². The molecule has 1 N–H and O–H groups in total. The smallest absolute Gasteiger partial charge is 0.236 e. The van der Waals surface area contributed by atoms with Crippen LogP contribution >= 0.6 is 0 Å². The molecule has 0 saturated heterocycles. The van der Waals surface area contributed by atoms with Crippen molar-refractivity contribution in [2.45, 2.75) is 19.9 Å². The zero-order valence-corrected chi connectivity index (χ0v) is 11.7. The molecule has 0 bridgehead atoms. The summed E-state index contributed by atoms with van der Waals surface area (Å²) in [5.74, 6) is 2.48. The molecule has 0 aliphatic heterocycles. The largest absolute Gasteiger partial charge is 0.337 e. The van der Waals surface area contributed by atoms with Gasteiger partial charge in [0.15, 0.2) is 0 Å². The highest BCUT2D eigenvalue weighted by Gasteiger charge is 2.12. The van der Waals surface area contributed by atoms with Crippen LogP contribution in [-0.4, -0.2) is 30.4 Å². The van der Waals surface area contributed by atoms with Crippen molar-refractivity contribution in [3.05, 3.63) is 35.4 Å². The predicted octanol–water partition coefficient (Wildman–Crippen LogP) is 1.52. The van der Waals surface area contributed by atoms with Gasteiger partial charge in [0.2, 0.25) is 5.91 Å². The number of amides is 1. The van der Waals surface area contributed by atoms with Crippen LogP contribution in [0.4, 0.5) is 0 Å². The quantitative estimate of drug-likeness (QED) is 0.603. The molecule has 0 heterocycles. The third-order valence-corrected chi connectivity index (χ3v) is 2.81. The molecule has 1 aromatic rings. The van der Waals surface area contributed by atoms with Crippen LogP contribution in [0.5, 0.6) is 0 Å². The standard InChI is InChI=1S/C16H19N3O/c1-3-9-18-12-16(20)19(10-4-2)13-15-7-5-14(11-17)6-8-15/h1,5-8,18H,4,9-10,12-13H2,2H3. The SMILES string of the molecule is C#CCNCC(=O)N(CCC)Cc1ccc(C#N)cc1. The first-order chi connectivity index (χ1) is 9.71. The van der Waals surface area contributed by atoms with Crippen LogP contribution in [0, 0.1) is 23.7 Å². The second kappa shape index (κ2) is 8.74. The highest BCUT2D eigenvalue weighted by atomic mass is 16.2. The van der Waals surface area contributed by atoms with Crippen LogP contribution < -0.4 is 5.32 Å². The van der Waals surface area contributed by atoms with Crippen LogP contribution in [0.2, 0.25) is 0 Å². The number of nitriles is 1. The fourth-order valence-electron chi connectivity index (χ4n) is 1.82. The Morgan fingerprint density at radius 3 is 2.65 bits per heavy atom. The minimum Gasteiger partial charge on any atom is -0.337 e. The Bertz CT molecular complexity index is 508. The Kier molecular flexibility index (Phi) is 6.89. The summed E-state index contributed by atoms with van der Waals surface area (Å²) in [6, 6.07) is 9.37. The van der Waals surface area contributed by atoms with Crippen molar-refractivity contribution in [1.29, 1.82) is 5.26 Å². The summed E-state index contributed by atoms with van der Waals surface area (Å²) in [7, 11) is 0. The molecule has 0 aliphatic carbocycles. The highest BCUT2D eigenvalue weighted by Crippen LogP contribution is 2.08. The van der Waals surface area contributed by atoms with Crippen molar-refractivity contribution in [2.24, 2.45) is 0 Å². The van der Waals surface area contributed by atoms with Crippen molar-refractivity contribution in [2.75, 3.05) is 19.6 Å². The van der Waals surface area contributed by atoms with Gasteiger partial charge in [-0.3, -0.25) is 10.1 Å². The van der Waals surface area contributed by atoms with E-state index in [2.05, 4.69) is 17.3 Å². The summed E-state index contributed by atoms with van der Waals surface area (Å²) < 4.78 is 0. The lowest BCUT2D eigenvalue weighted by Crippen LogP contribution is -2.38. The summed E-state index contributed by atoms with van der Waals surface area (Å²) in [6.45, 7) is 3.93. The molecule has 0 aromatic heterocycles. The van der Waals surface area contributed by atoms with E-state index in [9.17, 15) is 4.79 Å². The third kappa shape index (κ3) is 5.14. The molecule has 20 heavy (non-hydrogen) atoms. The van der Waals surface area contributed by atoms with Crippen LogP contribution in [-0.2, 0) is 11.3 Å². The van der Waals surface area contributed by atoms with Crippen molar-refractivity contribution in [1.82, 2.24) is 10.2 Å². The molecule has 0 saturated carbocycles. The van der Waals surface area contributed by atoms with Crippen LogP contribution in [0.25, 0.3) is 0 Å². The molecule has 0 unspecified atom stereocenters. The van der Waals surface area contributed by atoms with Crippen molar-refractivity contribution >= 4 is 5.91 Å². The average Bonchev–Trinajstić information content (AvgIpc) is 2.47. The minimum atomic E-state index is 0.0338. The van der Waals surface area contributed by atoms with Crippen molar-refractivity contribution in [3.8, 4) is 18.4 Å². The maximum absolute atomic E-state index is 12.1. The summed E-state index contributed by atoms with van der Waals surface area (Å²) in [5.41, 5.74) is 1.64. The topological polar surface area (TPSA) is 56.1 Å². The van der Waals surface area contributed by atoms with E-state index in [4.69, 9.17) is 11.7 Å². The normalized spacial score (nSPS) is 9.55. The monoisotopic (exact) mass is 269 g/mol. The molecule has 0 radical (unpaired) electrons. The number of hydrogen-bond donors (Lipinski definition) is 1. The molecular formula is C16H19N3O. The lowest BCUT2D eigenvalue weighted by Gasteiger charge is -2.22. The van der Waals surface area contributed by atoms with Crippen LogP contribution in [0.1, 0.15) is 24.5 Å². The number of rotatable bonds is 7. The van der Waals surface area contributed by atoms with Gasteiger partial charge in [0.1, 0.15) is 0 Å². The van der Waals surface area contributed by atoms with Gasteiger partial charge >= 0.3 is 0 Å². The Morgan fingerprint density at radius 1 is 1.40 bits per heavy atom. The number of carbonyl (C=O) groups excluding carboxylic acids is 1. The Hall–Kier alpha value is -2.30. The number of carbonyl (C=O) groups is 1. The minimum absolute atomic E-state index is 0.0338. The molecule has 0 aliphatic rings. The van der Waals surface area contributed by atoms with E-state index in [1.807, 2.05) is 19.1 Å². The van der Waals surface area contributed by atoms with Crippen molar-refractivity contribution < 1.29 is 4.79 Å². The zero-order chi connectivity index (χ0) is 14.8. The molecule has 1 amide bonds. The second-order valence-corrected chi connectivity index (χ2v) is 4.43. The molecule has 0 atom stereocenters. The van der Waals surface area contributed by atoms with Gasteiger partial charge in [0, 0.05) is 13.1 Å². The Morgan fingerprint density at radius 2 is 2.10 bits per heavy atom. The van der Waals surface area contributed by atoms with Crippen molar-refractivity contribution in [3.63, 3.8) is 0 Å². The molecule has 0 fully saturated rings.